The first kappa shape index (κ1) is 22.3. The molecule has 0 spiro atoms. The highest BCUT2D eigenvalue weighted by atomic mass is 35.5. The maximum absolute atomic E-state index is 12.6. The van der Waals surface area contributed by atoms with E-state index in [0.717, 1.165) is 0 Å². The van der Waals surface area contributed by atoms with Gasteiger partial charge in [-0.15, -0.1) is 0 Å². The molecule has 0 unspecified atom stereocenters. The van der Waals surface area contributed by atoms with E-state index < -0.39 is 10.1 Å². The minimum absolute atomic E-state index is 0.0103. The summed E-state index contributed by atoms with van der Waals surface area (Å²) < 4.78 is 35.8. The fourth-order valence-corrected chi connectivity index (χ4v) is 3.86. The summed E-state index contributed by atoms with van der Waals surface area (Å²) in [5, 5.41) is 0.333. The lowest BCUT2D eigenvalue weighted by Crippen LogP contribution is -2.34. The summed E-state index contributed by atoms with van der Waals surface area (Å²) >= 11 is 11.7. The predicted octanol–water partition coefficient (Wildman–Crippen LogP) is 4.53. The number of nitrogens with zero attached hydrogens (tertiary/aromatic N) is 1. The zero-order chi connectivity index (χ0) is 21.1. The van der Waals surface area contributed by atoms with E-state index in [0.29, 0.717) is 12.1 Å². The largest absolute Gasteiger partial charge is 0.493 e. The molecule has 0 atom stereocenters. The number of ether oxygens (including phenoxy) is 1. The molecule has 0 aromatic heterocycles. The van der Waals surface area contributed by atoms with Gasteiger partial charge in [0, 0.05) is 19.5 Å². The Labute approximate surface area is 175 Å². The van der Waals surface area contributed by atoms with Gasteiger partial charge in [0.25, 0.3) is 0 Å². The van der Waals surface area contributed by atoms with Gasteiger partial charge in [-0.2, -0.15) is 8.42 Å². The molecule has 2 aromatic rings. The molecule has 152 valence electrons. The Bertz CT molecular complexity index is 976. The highest BCUT2D eigenvalue weighted by molar-refractivity contribution is 7.87. The summed E-state index contributed by atoms with van der Waals surface area (Å²) in [7, 11) is -2.76. The first-order valence-electron chi connectivity index (χ1n) is 8.39. The van der Waals surface area contributed by atoms with Crippen molar-refractivity contribution in [3.63, 3.8) is 0 Å². The molecular weight excluding hydrogens is 425 g/mol. The first-order chi connectivity index (χ1) is 13.0. The number of hydrogen-bond donors (Lipinski definition) is 0. The number of benzene rings is 2. The Morgan fingerprint density at radius 1 is 1.07 bits per heavy atom. The monoisotopic (exact) mass is 445 g/mol. The maximum atomic E-state index is 12.6. The van der Waals surface area contributed by atoms with Gasteiger partial charge >= 0.3 is 10.1 Å². The topological polar surface area (TPSA) is 72.9 Å². The van der Waals surface area contributed by atoms with Crippen LogP contribution >= 0.6 is 23.2 Å². The van der Waals surface area contributed by atoms with Crippen molar-refractivity contribution in [2.45, 2.75) is 38.3 Å². The van der Waals surface area contributed by atoms with Crippen LogP contribution in [0.15, 0.2) is 41.3 Å². The molecule has 2 aromatic carbocycles. The number of carbonyl (C=O) groups is 1. The highest BCUT2D eigenvalue weighted by Crippen LogP contribution is 2.33. The smallest absolute Gasteiger partial charge is 0.339 e. The molecule has 0 aliphatic carbocycles. The minimum atomic E-state index is -4.17. The van der Waals surface area contributed by atoms with Crippen LogP contribution in [0.2, 0.25) is 10.0 Å². The van der Waals surface area contributed by atoms with Crippen LogP contribution in [-0.4, -0.2) is 32.4 Å². The maximum Gasteiger partial charge on any atom is 0.339 e. The third-order valence-corrected chi connectivity index (χ3v) is 5.96. The summed E-state index contributed by atoms with van der Waals surface area (Å²) in [6.45, 7) is 5.59. The summed E-state index contributed by atoms with van der Waals surface area (Å²) in [6.07, 6.45) is 0. The van der Waals surface area contributed by atoms with Crippen LogP contribution in [-0.2, 0) is 21.5 Å². The minimum Gasteiger partial charge on any atom is -0.493 e. The molecule has 0 radical (unpaired) electrons. The van der Waals surface area contributed by atoms with Crippen molar-refractivity contribution in [2.75, 3.05) is 7.11 Å². The van der Waals surface area contributed by atoms with Crippen molar-refractivity contribution in [1.82, 2.24) is 4.90 Å². The van der Waals surface area contributed by atoms with Crippen molar-refractivity contribution >= 4 is 39.2 Å². The van der Waals surface area contributed by atoms with Crippen molar-refractivity contribution < 1.29 is 22.1 Å². The molecule has 1 amide bonds. The third kappa shape index (κ3) is 5.31. The lowest BCUT2D eigenvalue weighted by Gasteiger charge is -2.25. The second-order valence-electron chi connectivity index (χ2n) is 6.34. The molecule has 0 N–H and O–H groups in total. The average Bonchev–Trinajstić information content (AvgIpc) is 2.61. The molecule has 2 rings (SSSR count). The van der Waals surface area contributed by atoms with E-state index in [-0.39, 0.29) is 38.4 Å². The van der Waals surface area contributed by atoms with Crippen molar-refractivity contribution in [2.24, 2.45) is 0 Å². The quantitative estimate of drug-likeness (QED) is 0.585. The van der Waals surface area contributed by atoms with Gasteiger partial charge in [0.15, 0.2) is 11.5 Å². The fraction of sp³-hybridized carbons (Fsp3) is 0.316. The Morgan fingerprint density at radius 2 is 1.75 bits per heavy atom. The lowest BCUT2D eigenvalue weighted by atomic mass is 10.1. The molecule has 6 nitrogen and oxygen atoms in total. The normalized spacial score (nSPS) is 11.4. The summed E-state index contributed by atoms with van der Waals surface area (Å²) in [5.41, 5.74) is 0.698. The van der Waals surface area contributed by atoms with Gasteiger partial charge < -0.3 is 13.8 Å². The SMILES string of the molecule is COc1ccc(CN(C(C)=O)C(C)C)cc1OS(=O)(=O)c1ccc(Cl)c(Cl)c1. The van der Waals surface area contributed by atoms with Crippen molar-refractivity contribution in [3.05, 3.63) is 52.0 Å². The number of rotatable bonds is 7. The van der Waals surface area contributed by atoms with Crippen LogP contribution in [0.3, 0.4) is 0 Å². The Balaban J connectivity index is 2.38. The number of halogens is 2. The lowest BCUT2D eigenvalue weighted by molar-refractivity contribution is -0.131. The van der Waals surface area contributed by atoms with Crippen LogP contribution in [0.1, 0.15) is 26.3 Å². The molecule has 0 fully saturated rings. The van der Waals surface area contributed by atoms with E-state index in [9.17, 15) is 13.2 Å². The van der Waals surface area contributed by atoms with Crippen LogP contribution in [0.25, 0.3) is 0 Å². The zero-order valence-corrected chi connectivity index (χ0v) is 18.2. The summed E-state index contributed by atoms with van der Waals surface area (Å²) in [4.78, 5) is 13.3. The zero-order valence-electron chi connectivity index (χ0n) is 15.9. The van der Waals surface area contributed by atoms with Gasteiger partial charge in [-0.05, 0) is 49.7 Å². The highest BCUT2D eigenvalue weighted by Gasteiger charge is 2.21. The third-order valence-electron chi connectivity index (χ3n) is 3.99. The van der Waals surface area contributed by atoms with Crippen LogP contribution in [0, 0.1) is 0 Å². The second-order valence-corrected chi connectivity index (χ2v) is 8.70. The molecule has 28 heavy (non-hydrogen) atoms. The number of carbonyl (C=O) groups excluding carboxylic acids is 1. The second kappa shape index (κ2) is 9.03. The molecule has 0 saturated carbocycles. The van der Waals surface area contributed by atoms with E-state index in [4.69, 9.17) is 32.1 Å². The molecule has 0 bridgehead atoms. The Morgan fingerprint density at radius 3 is 2.29 bits per heavy atom. The Kier molecular flexibility index (Phi) is 7.20. The van der Waals surface area contributed by atoms with Gasteiger partial charge in [-0.1, -0.05) is 29.3 Å². The van der Waals surface area contributed by atoms with E-state index in [1.807, 2.05) is 13.8 Å². The molecule has 0 aliphatic heterocycles. The number of methoxy groups -OCH3 is 1. The van der Waals surface area contributed by atoms with Gasteiger partial charge in [-0.3, -0.25) is 4.79 Å². The average molecular weight is 446 g/mol. The van der Waals surface area contributed by atoms with Crippen LogP contribution in [0.4, 0.5) is 0 Å². The van der Waals surface area contributed by atoms with Gasteiger partial charge in [0.1, 0.15) is 4.90 Å². The van der Waals surface area contributed by atoms with E-state index in [1.165, 1.54) is 38.3 Å². The molecule has 0 aliphatic rings. The van der Waals surface area contributed by atoms with E-state index in [2.05, 4.69) is 0 Å². The van der Waals surface area contributed by atoms with E-state index >= 15 is 0 Å². The fourth-order valence-electron chi connectivity index (χ4n) is 2.54. The van der Waals surface area contributed by atoms with Crippen LogP contribution in [0.5, 0.6) is 11.5 Å². The number of hydrogen-bond acceptors (Lipinski definition) is 5. The predicted molar refractivity (Wildman–Crippen MR) is 109 cm³/mol. The van der Waals surface area contributed by atoms with Gasteiger partial charge in [0.2, 0.25) is 5.91 Å². The van der Waals surface area contributed by atoms with Gasteiger partial charge in [-0.25, -0.2) is 0 Å². The summed E-state index contributed by atoms with van der Waals surface area (Å²) in [6, 6.07) is 8.75. The van der Waals surface area contributed by atoms with Crippen molar-refractivity contribution in [1.29, 1.82) is 0 Å². The summed E-state index contributed by atoms with van der Waals surface area (Å²) in [5.74, 6) is 0.168. The van der Waals surface area contributed by atoms with Crippen LogP contribution < -0.4 is 8.92 Å². The molecule has 9 heteroatoms. The molecular formula is C19H21Cl2NO5S. The first-order valence-corrected chi connectivity index (χ1v) is 10.5. The van der Waals surface area contributed by atoms with Crippen molar-refractivity contribution in [3.8, 4) is 11.5 Å². The standard InChI is InChI=1S/C19H21Cl2NO5S/c1-12(2)22(13(3)23)11-14-5-8-18(26-4)19(9-14)27-28(24,25)15-6-7-16(20)17(21)10-15/h5-10,12H,11H2,1-4H3. The Hall–Kier alpha value is -1.96. The van der Waals surface area contributed by atoms with E-state index in [1.54, 1.807) is 17.0 Å². The van der Waals surface area contributed by atoms with Gasteiger partial charge in [0.05, 0.1) is 17.2 Å². The molecule has 0 saturated heterocycles. The molecule has 0 heterocycles. The number of amides is 1.